The minimum atomic E-state index is -0.0239. The molecule has 0 aliphatic rings. The van der Waals surface area contributed by atoms with E-state index in [0.29, 0.717) is 0 Å². The van der Waals surface area contributed by atoms with Crippen LogP contribution in [0.15, 0.2) is 29.6 Å². The lowest BCUT2D eigenvalue weighted by molar-refractivity contribution is 0.727. The fourth-order valence-electron chi connectivity index (χ4n) is 1.78. The molecule has 0 radical (unpaired) electrons. The molecule has 102 valence electrons. The van der Waals surface area contributed by atoms with Crippen LogP contribution in [0, 0.1) is 0 Å². The number of halogens is 1. The van der Waals surface area contributed by atoms with Crippen molar-refractivity contribution in [2.75, 3.05) is 11.9 Å². The number of benzene rings is 1. The molecule has 0 amide bonds. The molecule has 2 N–H and O–H groups in total. The Bertz CT molecular complexity index is 536. The van der Waals surface area contributed by atoms with Gasteiger partial charge in [-0.2, -0.15) is 0 Å². The molecular weight excluding hydrogens is 278 g/mol. The lowest BCUT2D eigenvalue weighted by atomic mass is 10.1. The van der Waals surface area contributed by atoms with E-state index in [0.717, 1.165) is 15.8 Å². The normalized spacial score (nSPS) is 14.2. The summed E-state index contributed by atoms with van der Waals surface area (Å²) >= 11 is 7.53. The Morgan fingerprint density at radius 2 is 1.89 bits per heavy atom. The van der Waals surface area contributed by atoms with E-state index in [4.69, 9.17) is 17.3 Å². The van der Waals surface area contributed by atoms with Gasteiger partial charge in [-0.15, -0.1) is 11.3 Å². The average molecular weight is 296 g/mol. The molecule has 19 heavy (non-hydrogen) atoms. The first-order valence-corrected chi connectivity index (χ1v) is 7.44. The molecule has 1 aromatic carbocycles. The Hall–Kier alpha value is -1.10. The Morgan fingerprint density at radius 3 is 2.42 bits per heavy atom. The van der Waals surface area contributed by atoms with Crippen molar-refractivity contribution in [2.45, 2.75) is 25.9 Å². The SMILES string of the molecule is CC(N)c1csc(N(C)C(C)c2ccc(Cl)cc2)n1. The number of thiazole rings is 1. The summed E-state index contributed by atoms with van der Waals surface area (Å²) in [5, 5.41) is 3.76. The fraction of sp³-hybridized carbons (Fsp3) is 0.357. The van der Waals surface area contributed by atoms with E-state index < -0.39 is 0 Å². The van der Waals surface area contributed by atoms with Crippen LogP contribution in [0.25, 0.3) is 0 Å². The average Bonchev–Trinajstić information content (AvgIpc) is 2.87. The molecule has 2 aromatic rings. The molecule has 2 rings (SSSR count). The van der Waals surface area contributed by atoms with Gasteiger partial charge < -0.3 is 10.6 Å². The molecule has 1 aromatic heterocycles. The van der Waals surface area contributed by atoms with Gasteiger partial charge in [0.25, 0.3) is 0 Å². The Morgan fingerprint density at radius 1 is 1.26 bits per heavy atom. The molecule has 1 heterocycles. The topological polar surface area (TPSA) is 42.1 Å². The predicted octanol–water partition coefficient (Wildman–Crippen LogP) is 4.01. The van der Waals surface area contributed by atoms with Crippen LogP contribution < -0.4 is 10.6 Å². The summed E-state index contributed by atoms with van der Waals surface area (Å²) in [6, 6.07) is 8.13. The Balaban J connectivity index is 2.17. The fourth-order valence-corrected chi connectivity index (χ4v) is 2.88. The second-order valence-corrected chi connectivity index (χ2v) is 5.96. The van der Waals surface area contributed by atoms with E-state index in [2.05, 4.69) is 16.8 Å². The maximum absolute atomic E-state index is 5.91. The molecule has 2 unspecified atom stereocenters. The van der Waals surface area contributed by atoms with E-state index in [1.165, 1.54) is 5.56 Å². The highest BCUT2D eigenvalue weighted by atomic mass is 35.5. The quantitative estimate of drug-likeness (QED) is 0.926. The zero-order valence-electron chi connectivity index (χ0n) is 11.3. The zero-order chi connectivity index (χ0) is 14.0. The Kier molecular flexibility index (Phi) is 4.45. The summed E-state index contributed by atoms with van der Waals surface area (Å²) < 4.78 is 0. The highest BCUT2D eigenvalue weighted by Gasteiger charge is 2.16. The van der Waals surface area contributed by atoms with Gasteiger partial charge in [-0.3, -0.25) is 0 Å². The van der Waals surface area contributed by atoms with Crippen LogP contribution in [-0.4, -0.2) is 12.0 Å². The molecule has 0 spiro atoms. The molecule has 5 heteroatoms. The van der Waals surface area contributed by atoms with Crippen LogP contribution >= 0.6 is 22.9 Å². The highest BCUT2D eigenvalue weighted by Crippen LogP contribution is 2.29. The molecular formula is C14H18ClN3S. The first-order valence-electron chi connectivity index (χ1n) is 6.18. The van der Waals surface area contributed by atoms with E-state index in [9.17, 15) is 0 Å². The van der Waals surface area contributed by atoms with E-state index in [-0.39, 0.29) is 12.1 Å². The minimum Gasteiger partial charge on any atom is -0.344 e. The third-order valence-electron chi connectivity index (χ3n) is 3.21. The number of nitrogens with two attached hydrogens (primary N) is 1. The van der Waals surface area contributed by atoms with Crippen molar-refractivity contribution in [3.63, 3.8) is 0 Å². The summed E-state index contributed by atoms with van der Waals surface area (Å²) in [5.41, 5.74) is 7.99. The van der Waals surface area contributed by atoms with E-state index in [1.807, 2.05) is 43.6 Å². The second-order valence-electron chi connectivity index (χ2n) is 4.68. The number of hydrogen-bond acceptors (Lipinski definition) is 4. The first kappa shape index (κ1) is 14.3. The van der Waals surface area contributed by atoms with Crippen LogP contribution in [0.5, 0.6) is 0 Å². The van der Waals surface area contributed by atoms with Gasteiger partial charge in [-0.25, -0.2) is 4.98 Å². The van der Waals surface area contributed by atoms with E-state index >= 15 is 0 Å². The summed E-state index contributed by atoms with van der Waals surface area (Å²) in [4.78, 5) is 6.72. The van der Waals surface area contributed by atoms with Gasteiger partial charge in [0.15, 0.2) is 5.13 Å². The monoisotopic (exact) mass is 295 g/mol. The molecule has 2 atom stereocenters. The van der Waals surface area contributed by atoms with E-state index in [1.54, 1.807) is 11.3 Å². The maximum Gasteiger partial charge on any atom is 0.185 e. The van der Waals surface area contributed by atoms with Crippen molar-refractivity contribution in [2.24, 2.45) is 5.73 Å². The highest BCUT2D eigenvalue weighted by molar-refractivity contribution is 7.13. The Labute approximate surface area is 123 Å². The van der Waals surface area contributed by atoms with Gasteiger partial charge in [0.1, 0.15) is 0 Å². The van der Waals surface area contributed by atoms with Crippen LogP contribution in [0.3, 0.4) is 0 Å². The summed E-state index contributed by atoms with van der Waals surface area (Å²) in [6.07, 6.45) is 0. The van der Waals surface area contributed by atoms with Crippen LogP contribution in [-0.2, 0) is 0 Å². The number of aromatic nitrogens is 1. The molecule has 0 aliphatic carbocycles. The lowest BCUT2D eigenvalue weighted by Gasteiger charge is -2.24. The molecule has 0 saturated carbocycles. The molecule has 3 nitrogen and oxygen atoms in total. The number of nitrogens with zero attached hydrogens (tertiary/aromatic N) is 2. The predicted molar refractivity (Wildman–Crippen MR) is 83.0 cm³/mol. The van der Waals surface area contributed by atoms with Crippen LogP contribution in [0.1, 0.15) is 37.2 Å². The first-order chi connectivity index (χ1) is 8.99. The van der Waals surface area contributed by atoms with Crippen LogP contribution in [0.2, 0.25) is 5.02 Å². The zero-order valence-corrected chi connectivity index (χ0v) is 12.9. The van der Waals surface area contributed by atoms with Crippen molar-refractivity contribution in [1.82, 2.24) is 4.98 Å². The molecule has 0 fully saturated rings. The molecule has 0 aliphatic heterocycles. The third kappa shape index (κ3) is 3.26. The third-order valence-corrected chi connectivity index (χ3v) is 4.41. The van der Waals surface area contributed by atoms with Crippen LogP contribution in [0.4, 0.5) is 5.13 Å². The summed E-state index contributed by atoms with van der Waals surface area (Å²) in [6.45, 7) is 4.09. The van der Waals surface area contributed by atoms with Gasteiger partial charge in [0, 0.05) is 23.5 Å². The van der Waals surface area contributed by atoms with Crippen molar-refractivity contribution in [1.29, 1.82) is 0 Å². The van der Waals surface area contributed by atoms with Crippen molar-refractivity contribution >= 4 is 28.1 Å². The molecule has 0 bridgehead atoms. The van der Waals surface area contributed by atoms with Gasteiger partial charge in [-0.1, -0.05) is 23.7 Å². The molecule has 0 saturated heterocycles. The summed E-state index contributed by atoms with van der Waals surface area (Å²) in [5.74, 6) is 0. The second kappa shape index (κ2) is 5.90. The summed E-state index contributed by atoms with van der Waals surface area (Å²) in [7, 11) is 2.04. The van der Waals surface area contributed by atoms with Crippen molar-refractivity contribution in [3.8, 4) is 0 Å². The largest absolute Gasteiger partial charge is 0.344 e. The van der Waals surface area contributed by atoms with Gasteiger partial charge in [0.2, 0.25) is 0 Å². The standard InChI is InChI=1S/C14H18ClN3S/c1-9(16)13-8-19-14(17-13)18(3)10(2)11-4-6-12(15)7-5-11/h4-10H,16H2,1-3H3. The van der Waals surface area contributed by atoms with Gasteiger partial charge in [0.05, 0.1) is 11.7 Å². The lowest BCUT2D eigenvalue weighted by Crippen LogP contribution is -2.21. The van der Waals surface area contributed by atoms with Gasteiger partial charge >= 0.3 is 0 Å². The minimum absolute atomic E-state index is 0.0239. The van der Waals surface area contributed by atoms with Crippen molar-refractivity contribution < 1.29 is 0 Å². The number of rotatable bonds is 4. The smallest absolute Gasteiger partial charge is 0.185 e. The number of hydrogen-bond donors (Lipinski definition) is 1. The van der Waals surface area contributed by atoms with Crippen molar-refractivity contribution in [3.05, 3.63) is 45.9 Å². The maximum atomic E-state index is 5.91. The number of anilines is 1. The van der Waals surface area contributed by atoms with Gasteiger partial charge in [-0.05, 0) is 31.5 Å².